The highest BCUT2D eigenvalue weighted by molar-refractivity contribution is 6.36. The summed E-state index contributed by atoms with van der Waals surface area (Å²) in [6.07, 6.45) is 0. The maximum Gasteiger partial charge on any atom is 0.278 e. The number of benzene rings is 3. The predicted molar refractivity (Wildman–Crippen MR) is 125 cm³/mol. The Morgan fingerprint density at radius 3 is 2.09 bits per heavy atom. The topological polar surface area (TPSA) is 77.1 Å². The van der Waals surface area contributed by atoms with E-state index in [4.69, 9.17) is 14.2 Å². The molecule has 0 saturated heterocycles. The number of hydrogen-bond acceptors (Lipinski definition) is 6. The molecule has 0 aromatic heterocycles. The molecule has 3 aromatic carbocycles. The highest BCUT2D eigenvalue weighted by Gasteiger charge is 2.39. The summed E-state index contributed by atoms with van der Waals surface area (Å²) in [5.41, 5.74) is 2.09. The summed E-state index contributed by atoms with van der Waals surface area (Å²) in [5, 5.41) is 3.09. The van der Waals surface area contributed by atoms with E-state index >= 15 is 0 Å². The van der Waals surface area contributed by atoms with Crippen molar-refractivity contribution in [2.75, 3.05) is 26.6 Å². The quantitative estimate of drug-likeness (QED) is 0.505. The van der Waals surface area contributed by atoms with Crippen LogP contribution in [0.3, 0.4) is 0 Å². The summed E-state index contributed by atoms with van der Waals surface area (Å²) >= 11 is 0. The van der Waals surface area contributed by atoms with Crippen LogP contribution in [0.15, 0.2) is 72.4 Å². The van der Waals surface area contributed by atoms with E-state index in [9.17, 15) is 14.0 Å². The first-order chi connectivity index (χ1) is 16.4. The number of nitrogens with zero attached hydrogens (tertiary/aromatic N) is 1. The van der Waals surface area contributed by atoms with Crippen molar-refractivity contribution in [3.8, 4) is 17.2 Å². The Morgan fingerprint density at radius 1 is 0.794 bits per heavy atom. The van der Waals surface area contributed by atoms with Crippen LogP contribution in [0.25, 0.3) is 5.57 Å². The zero-order valence-corrected chi connectivity index (χ0v) is 18.9. The summed E-state index contributed by atoms with van der Waals surface area (Å²) in [5.74, 6) is 0.287. The van der Waals surface area contributed by atoms with Gasteiger partial charge in [-0.3, -0.25) is 14.5 Å². The Balaban J connectivity index is 1.73. The summed E-state index contributed by atoms with van der Waals surface area (Å²) in [6, 6.07) is 17.7. The van der Waals surface area contributed by atoms with Crippen molar-refractivity contribution in [1.29, 1.82) is 0 Å². The molecule has 3 aromatic rings. The Bertz CT molecular complexity index is 1250. The number of halogens is 1. The fourth-order valence-corrected chi connectivity index (χ4v) is 3.69. The molecule has 2 amide bonds. The van der Waals surface area contributed by atoms with Crippen molar-refractivity contribution in [2.45, 2.75) is 6.54 Å². The van der Waals surface area contributed by atoms with Gasteiger partial charge in [0.15, 0.2) is 11.5 Å². The van der Waals surface area contributed by atoms with Gasteiger partial charge in [0.2, 0.25) is 0 Å². The lowest BCUT2D eigenvalue weighted by molar-refractivity contribution is -0.137. The van der Waals surface area contributed by atoms with Gasteiger partial charge in [-0.25, -0.2) is 4.39 Å². The SMILES string of the molecule is COc1ccc(C2=C(Nc3ccc(OC)c(OC)c3)C(=O)N(Cc3ccc(F)cc3)C2=O)cc1. The van der Waals surface area contributed by atoms with E-state index in [1.807, 2.05) is 0 Å². The second-order valence-electron chi connectivity index (χ2n) is 7.50. The number of ether oxygens (including phenoxy) is 3. The molecular formula is C26H23FN2O5. The van der Waals surface area contributed by atoms with Crippen LogP contribution in [0.5, 0.6) is 17.2 Å². The van der Waals surface area contributed by atoms with Crippen LogP contribution in [0, 0.1) is 5.82 Å². The normalized spacial score (nSPS) is 13.4. The molecule has 0 unspecified atom stereocenters. The highest BCUT2D eigenvalue weighted by Crippen LogP contribution is 2.35. The largest absolute Gasteiger partial charge is 0.497 e. The molecule has 0 fully saturated rings. The van der Waals surface area contributed by atoms with Crippen LogP contribution in [0.4, 0.5) is 10.1 Å². The standard InChI is InChI=1S/C26H23FN2O5/c1-32-20-11-6-17(7-12-20)23-24(28-19-10-13-21(33-2)22(14-19)34-3)26(31)29(25(23)30)15-16-4-8-18(27)9-5-16/h4-14,28H,15H2,1-3H3. The van der Waals surface area contributed by atoms with Gasteiger partial charge >= 0.3 is 0 Å². The molecule has 0 atom stereocenters. The van der Waals surface area contributed by atoms with Gasteiger partial charge in [-0.15, -0.1) is 0 Å². The minimum atomic E-state index is -0.491. The molecule has 0 radical (unpaired) electrons. The average Bonchev–Trinajstić information content (AvgIpc) is 3.09. The van der Waals surface area contributed by atoms with Gasteiger partial charge < -0.3 is 19.5 Å². The molecule has 0 spiro atoms. The number of methoxy groups -OCH3 is 3. The number of nitrogens with one attached hydrogen (secondary N) is 1. The maximum absolute atomic E-state index is 13.4. The fourth-order valence-electron chi connectivity index (χ4n) is 3.69. The smallest absolute Gasteiger partial charge is 0.278 e. The fraction of sp³-hybridized carbons (Fsp3) is 0.154. The van der Waals surface area contributed by atoms with Crippen LogP contribution in [0.1, 0.15) is 11.1 Å². The van der Waals surface area contributed by atoms with Gasteiger partial charge in [0.1, 0.15) is 17.3 Å². The molecule has 1 aliphatic heterocycles. The van der Waals surface area contributed by atoms with Crippen LogP contribution in [-0.2, 0) is 16.1 Å². The average molecular weight is 462 g/mol. The van der Waals surface area contributed by atoms with Crippen molar-refractivity contribution in [1.82, 2.24) is 4.90 Å². The zero-order valence-electron chi connectivity index (χ0n) is 18.9. The molecule has 7 nitrogen and oxygen atoms in total. The lowest BCUT2D eigenvalue weighted by atomic mass is 10.0. The summed E-state index contributed by atoms with van der Waals surface area (Å²) in [6.45, 7) is 0.00865. The van der Waals surface area contributed by atoms with Gasteiger partial charge in [0.25, 0.3) is 11.8 Å². The summed E-state index contributed by atoms with van der Waals surface area (Å²) < 4.78 is 29.2. The number of carbonyl (C=O) groups excluding carboxylic acids is 2. The predicted octanol–water partition coefficient (Wildman–Crippen LogP) is 4.24. The first kappa shape index (κ1) is 22.8. The maximum atomic E-state index is 13.4. The van der Waals surface area contributed by atoms with Crippen molar-refractivity contribution >= 4 is 23.1 Å². The number of hydrogen-bond donors (Lipinski definition) is 1. The first-order valence-electron chi connectivity index (χ1n) is 10.4. The number of amides is 2. The molecule has 174 valence electrons. The summed E-state index contributed by atoms with van der Waals surface area (Å²) in [7, 11) is 4.59. The van der Waals surface area contributed by atoms with E-state index in [0.29, 0.717) is 34.1 Å². The Hall–Kier alpha value is -4.33. The third kappa shape index (κ3) is 4.43. The van der Waals surface area contributed by atoms with E-state index in [2.05, 4.69) is 5.32 Å². The number of carbonyl (C=O) groups is 2. The van der Waals surface area contributed by atoms with Gasteiger partial charge in [-0.1, -0.05) is 24.3 Å². The van der Waals surface area contributed by atoms with Crippen LogP contribution >= 0.6 is 0 Å². The summed E-state index contributed by atoms with van der Waals surface area (Å²) in [4.78, 5) is 28.0. The van der Waals surface area contributed by atoms with Crippen LogP contribution in [-0.4, -0.2) is 38.0 Å². The van der Waals surface area contributed by atoms with Crippen molar-refractivity contribution in [3.05, 3.63) is 89.4 Å². The molecule has 0 bridgehead atoms. The minimum Gasteiger partial charge on any atom is -0.497 e. The van der Waals surface area contributed by atoms with E-state index in [0.717, 1.165) is 4.90 Å². The molecule has 0 aliphatic carbocycles. The molecular weight excluding hydrogens is 439 g/mol. The Kier molecular flexibility index (Phi) is 6.49. The molecule has 1 aliphatic rings. The molecule has 1 N–H and O–H groups in total. The Labute approximate surface area is 196 Å². The Morgan fingerprint density at radius 2 is 1.47 bits per heavy atom. The van der Waals surface area contributed by atoms with E-state index in [1.54, 1.807) is 61.7 Å². The number of anilines is 1. The molecule has 34 heavy (non-hydrogen) atoms. The van der Waals surface area contributed by atoms with Gasteiger partial charge in [-0.05, 0) is 47.5 Å². The highest BCUT2D eigenvalue weighted by atomic mass is 19.1. The van der Waals surface area contributed by atoms with Crippen LogP contribution in [0.2, 0.25) is 0 Å². The third-order valence-electron chi connectivity index (χ3n) is 5.45. The van der Waals surface area contributed by atoms with Gasteiger partial charge in [0, 0.05) is 11.8 Å². The minimum absolute atomic E-state index is 0.00865. The lowest BCUT2D eigenvalue weighted by Crippen LogP contribution is -2.32. The lowest BCUT2D eigenvalue weighted by Gasteiger charge is -2.16. The van der Waals surface area contributed by atoms with Gasteiger partial charge in [0.05, 0.1) is 33.4 Å². The monoisotopic (exact) mass is 462 g/mol. The van der Waals surface area contributed by atoms with E-state index < -0.39 is 17.6 Å². The molecule has 1 heterocycles. The second-order valence-corrected chi connectivity index (χ2v) is 7.50. The molecule has 0 saturated carbocycles. The van der Waals surface area contributed by atoms with E-state index in [1.165, 1.54) is 26.4 Å². The second kappa shape index (κ2) is 9.66. The zero-order chi connectivity index (χ0) is 24.2. The number of imide groups is 1. The van der Waals surface area contributed by atoms with Crippen molar-refractivity contribution in [2.24, 2.45) is 0 Å². The molecule has 4 rings (SSSR count). The van der Waals surface area contributed by atoms with Gasteiger partial charge in [-0.2, -0.15) is 0 Å². The molecule has 8 heteroatoms. The van der Waals surface area contributed by atoms with Crippen LogP contribution < -0.4 is 19.5 Å². The third-order valence-corrected chi connectivity index (χ3v) is 5.45. The van der Waals surface area contributed by atoms with Crippen molar-refractivity contribution in [3.63, 3.8) is 0 Å². The van der Waals surface area contributed by atoms with Crippen molar-refractivity contribution < 1.29 is 28.2 Å². The first-order valence-corrected chi connectivity index (χ1v) is 10.4. The van der Waals surface area contributed by atoms with E-state index in [-0.39, 0.29) is 17.8 Å². The number of rotatable bonds is 8.